The number of phenols is 1. The highest BCUT2D eigenvalue weighted by atomic mass is 16.3. The fourth-order valence-electron chi connectivity index (χ4n) is 2.26. The number of carbonyl (C=O) groups excluding carboxylic acids is 1. The Morgan fingerprint density at radius 1 is 1.04 bits per heavy atom. The first-order valence-corrected chi connectivity index (χ1v) is 7.97. The van der Waals surface area contributed by atoms with Crippen molar-refractivity contribution in [3.05, 3.63) is 65.2 Å². The Morgan fingerprint density at radius 2 is 1.62 bits per heavy atom. The Labute approximate surface area is 143 Å². The molecule has 0 atom stereocenters. The molecule has 1 amide bonds. The largest absolute Gasteiger partial charge is 0.508 e. The molecule has 24 heavy (non-hydrogen) atoms. The Bertz CT molecular complexity index is 724. The number of hydrazone groups is 1. The molecule has 0 aliphatic carbocycles. The molecule has 0 unspecified atom stereocenters. The van der Waals surface area contributed by atoms with E-state index in [0.717, 1.165) is 11.1 Å². The van der Waals surface area contributed by atoms with Crippen LogP contribution < -0.4 is 5.43 Å². The third-order valence-corrected chi connectivity index (χ3v) is 3.82. The molecule has 0 aromatic heterocycles. The second kappa shape index (κ2) is 7.30. The van der Waals surface area contributed by atoms with Gasteiger partial charge in [-0.15, -0.1) is 0 Å². The van der Waals surface area contributed by atoms with Crippen LogP contribution in [-0.4, -0.2) is 16.7 Å². The molecule has 2 aromatic rings. The summed E-state index contributed by atoms with van der Waals surface area (Å²) in [6.45, 7) is 8.30. The van der Waals surface area contributed by atoms with Gasteiger partial charge in [0, 0.05) is 0 Å². The summed E-state index contributed by atoms with van der Waals surface area (Å²) in [4.78, 5) is 12.0. The molecule has 0 fully saturated rings. The molecule has 0 saturated heterocycles. The van der Waals surface area contributed by atoms with Gasteiger partial charge in [0.2, 0.25) is 5.91 Å². The minimum absolute atomic E-state index is 0.103. The van der Waals surface area contributed by atoms with Gasteiger partial charge in [0.1, 0.15) is 5.75 Å². The monoisotopic (exact) mass is 324 g/mol. The van der Waals surface area contributed by atoms with Gasteiger partial charge in [0.15, 0.2) is 0 Å². The standard InChI is InChI=1S/C20H24N2O2/c1-14(16-7-11-18(23)12-8-16)21-22-19(24)13-15-5-9-17(10-6-15)20(2,3)4/h5-12,23H,13H2,1-4H3,(H,22,24)/b21-14-. The summed E-state index contributed by atoms with van der Waals surface area (Å²) in [5.41, 5.74) is 6.41. The molecule has 2 aromatic carbocycles. The lowest BCUT2D eigenvalue weighted by Gasteiger charge is -2.19. The van der Waals surface area contributed by atoms with Crippen molar-refractivity contribution in [1.29, 1.82) is 0 Å². The Morgan fingerprint density at radius 3 is 2.17 bits per heavy atom. The van der Waals surface area contributed by atoms with E-state index < -0.39 is 0 Å². The lowest BCUT2D eigenvalue weighted by molar-refractivity contribution is -0.120. The van der Waals surface area contributed by atoms with Crippen molar-refractivity contribution in [2.75, 3.05) is 0 Å². The highest BCUT2D eigenvalue weighted by molar-refractivity contribution is 5.99. The first kappa shape index (κ1) is 17.7. The van der Waals surface area contributed by atoms with E-state index in [4.69, 9.17) is 0 Å². The molecule has 126 valence electrons. The summed E-state index contributed by atoms with van der Waals surface area (Å²) in [7, 11) is 0. The topological polar surface area (TPSA) is 61.7 Å². The van der Waals surface area contributed by atoms with Crippen LogP contribution in [0.4, 0.5) is 0 Å². The number of aromatic hydroxyl groups is 1. The van der Waals surface area contributed by atoms with Crippen LogP contribution in [0.2, 0.25) is 0 Å². The normalized spacial score (nSPS) is 12.1. The van der Waals surface area contributed by atoms with Gasteiger partial charge in [-0.3, -0.25) is 4.79 Å². The molecule has 2 rings (SSSR count). The molecule has 0 radical (unpaired) electrons. The zero-order valence-corrected chi connectivity index (χ0v) is 14.6. The van der Waals surface area contributed by atoms with Gasteiger partial charge in [-0.2, -0.15) is 5.10 Å². The van der Waals surface area contributed by atoms with E-state index in [9.17, 15) is 9.90 Å². The summed E-state index contributed by atoms with van der Waals surface area (Å²) in [6, 6.07) is 14.8. The van der Waals surface area contributed by atoms with Crippen molar-refractivity contribution in [3.63, 3.8) is 0 Å². The Balaban J connectivity index is 1.95. The summed E-state index contributed by atoms with van der Waals surface area (Å²) in [5.74, 6) is 0.0472. The SMILES string of the molecule is C/C(=N/NC(=O)Cc1ccc(C(C)(C)C)cc1)c1ccc(O)cc1. The van der Waals surface area contributed by atoms with Crippen molar-refractivity contribution in [1.82, 2.24) is 5.43 Å². The van der Waals surface area contributed by atoms with Gasteiger partial charge in [-0.25, -0.2) is 5.43 Å². The lowest BCUT2D eigenvalue weighted by atomic mass is 9.86. The van der Waals surface area contributed by atoms with Gasteiger partial charge in [0.25, 0.3) is 0 Å². The number of carbonyl (C=O) groups is 1. The summed E-state index contributed by atoms with van der Waals surface area (Å²) < 4.78 is 0. The van der Waals surface area contributed by atoms with Crippen LogP contribution in [0.1, 0.15) is 44.4 Å². The fraction of sp³-hybridized carbons (Fsp3) is 0.300. The van der Waals surface area contributed by atoms with Crippen molar-refractivity contribution in [2.45, 2.75) is 39.5 Å². The van der Waals surface area contributed by atoms with Gasteiger partial charge >= 0.3 is 0 Å². The number of phenolic OH excluding ortho intramolecular Hbond substituents is 1. The van der Waals surface area contributed by atoms with Crippen molar-refractivity contribution in [3.8, 4) is 5.75 Å². The molecule has 4 heteroatoms. The van der Waals surface area contributed by atoms with Gasteiger partial charge in [0.05, 0.1) is 12.1 Å². The molecule has 0 heterocycles. The minimum atomic E-state index is -0.156. The van der Waals surface area contributed by atoms with Gasteiger partial charge in [-0.05, 0) is 53.3 Å². The van der Waals surface area contributed by atoms with E-state index in [-0.39, 0.29) is 23.5 Å². The molecular weight excluding hydrogens is 300 g/mol. The Kier molecular flexibility index (Phi) is 5.39. The predicted molar refractivity (Wildman–Crippen MR) is 97.3 cm³/mol. The number of rotatable bonds is 4. The minimum Gasteiger partial charge on any atom is -0.508 e. The second-order valence-corrected chi connectivity index (χ2v) is 6.90. The zero-order chi connectivity index (χ0) is 17.7. The average Bonchev–Trinajstić information content (AvgIpc) is 2.53. The number of hydrogen-bond acceptors (Lipinski definition) is 3. The van der Waals surface area contributed by atoms with E-state index >= 15 is 0 Å². The molecule has 4 nitrogen and oxygen atoms in total. The Hall–Kier alpha value is -2.62. The van der Waals surface area contributed by atoms with Crippen molar-refractivity contribution >= 4 is 11.6 Å². The summed E-state index contributed by atoms with van der Waals surface area (Å²) in [5, 5.41) is 13.4. The maximum absolute atomic E-state index is 12.0. The van der Waals surface area contributed by atoms with Crippen LogP contribution in [0.15, 0.2) is 53.6 Å². The highest BCUT2D eigenvalue weighted by Crippen LogP contribution is 2.22. The quantitative estimate of drug-likeness (QED) is 0.664. The van der Waals surface area contributed by atoms with Crippen molar-refractivity contribution < 1.29 is 9.90 Å². The van der Waals surface area contributed by atoms with Crippen LogP contribution in [0.25, 0.3) is 0 Å². The van der Waals surface area contributed by atoms with E-state index in [1.165, 1.54) is 5.56 Å². The smallest absolute Gasteiger partial charge is 0.244 e. The zero-order valence-electron chi connectivity index (χ0n) is 14.6. The van der Waals surface area contributed by atoms with Crippen LogP contribution in [-0.2, 0) is 16.6 Å². The number of amides is 1. The van der Waals surface area contributed by atoms with E-state index in [0.29, 0.717) is 5.71 Å². The first-order chi connectivity index (χ1) is 11.3. The average molecular weight is 324 g/mol. The molecule has 2 N–H and O–H groups in total. The van der Waals surface area contributed by atoms with Crippen LogP contribution >= 0.6 is 0 Å². The molecule has 0 bridgehead atoms. The van der Waals surface area contributed by atoms with Crippen molar-refractivity contribution in [2.24, 2.45) is 5.10 Å². The van der Waals surface area contributed by atoms with Gasteiger partial charge in [-0.1, -0.05) is 45.0 Å². The first-order valence-electron chi connectivity index (χ1n) is 7.97. The molecule has 0 saturated carbocycles. The molecular formula is C20H24N2O2. The fourth-order valence-corrected chi connectivity index (χ4v) is 2.26. The number of nitrogens with zero attached hydrogens (tertiary/aromatic N) is 1. The van der Waals surface area contributed by atoms with E-state index in [1.807, 2.05) is 19.1 Å². The van der Waals surface area contributed by atoms with Crippen LogP contribution in [0.3, 0.4) is 0 Å². The predicted octanol–water partition coefficient (Wildman–Crippen LogP) is 3.77. The molecule has 0 aliphatic rings. The number of nitrogens with one attached hydrogen (secondary N) is 1. The number of hydrogen-bond donors (Lipinski definition) is 2. The molecule has 0 spiro atoms. The van der Waals surface area contributed by atoms with E-state index in [1.54, 1.807) is 24.3 Å². The maximum atomic E-state index is 12.0. The second-order valence-electron chi connectivity index (χ2n) is 6.90. The lowest BCUT2D eigenvalue weighted by Crippen LogP contribution is -2.21. The third-order valence-electron chi connectivity index (χ3n) is 3.82. The van der Waals surface area contributed by atoms with Gasteiger partial charge < -0.3 is 5.11 Å². The van der Waals surface area contributed by atoms with Crippen LogP contribution in [0, 0.1) is 0 Å². The highest BCUT2D eigenvalue weighted by Gasteiger charge is 2.13. The van der Waals surface area contributed by atoms with Crippen LogP contribution in [0.5, 0.6) is 5.75 Å². The maximum Gasteiger partial charge on any atom is 0.244 e. The number of benzene rings is 2. The summed E-state index contributed by atoms with van der Waals surface area (Å²) in [6.07, 6.45) is 0.288. The molecule has 0 aliphatic heterocycles. The third kappa shape index (κ3) is 4.95. The van der Waals surface area contributed by atoms with E-state index in [2.05, 4.69) is 43.4 Å². The summed E-state index contributed by atoms with van der Waals surface area (Å²) >= 11 is 0.